The predicted octanol–water partition coefficient (Wildman–Crippen LogP) is 5.23. The van der Waals surface area contributed by atoms with E-state index in [2.05, 4.69) is 0 Å². The number of aliphatic hydroxyl groups is 1. The molecule has 0 aromatic rings. The first-order valence-corrected chi connectivity index (χ1v) is 8.87. The molecule has 0 bridgehead atoms. The molecular weight excluding hydrogens is 589 g/mol. The minimum absolute atomic E-state index is 3.78. The zero-order valence-corrected chi connectivity index (χ0v) is 15.9. The molecule has 212 valence electrons. The molecular formula is C11H5F19O4S. The third kappa shape index (κ3) is 4.56. The van der Waals surface area contributed by atoms with E-state index in [1.54, 1.807) is 0 Å². The van der Waals surface area contributed by atoms with Gasteiger partial charge in [-0.3, -0.25) is 4.55 Å². The van der Waals surface area contributed by atoms with Gasteiger partial charge in [0.15, 0.2) is 5.44 Å². The number of alkyl halides is 19. The van der Waals surface area contributed by atoms with E-state index >= 15 is 0 Å². The number of hydrogen-bond donors (Lipinski definition) is 2. The fraction of sp³-hybridized carbons (Fsp3) is 1.00. The maximum atomic E-state index is 13.4. The molecule has 0 aliphatic carbocycles. The van der Waals surface area contributed by atoms with Crippen molar-refractivity contribution in [1.29, 1.82) is 0 Å². The third-order valence-electron chi connectivity index (χ3n) is 3.96. The molecule has 1 unspecified atom stereocenters. The number of aliphatic hydroxyl groups excluding tert-OH is 1. The van der Waals surface area contributed by atoms with Gasteiger partial charge in [-0.1, -0.05) is 0 Å². The molecule has 1 atom stereocenters. The van der Waals surface area contributed by atoms with Crippen LogP contribution in [0.5, 0.6) is 0 Å². The van der Waals surface area contributed by atoms with Crippen LogP contribution < -0.4 is 0 Å². The van der Waals surface area contributed by atoms with Crippen molar-refractivity contribution >= 4 is 10.1 Å². The Morgan fingerprint density at radius 3 is 0.943 bits per heavy atom. The van der Waals surface area contributed by atoms with Crippen LogP contribution in [0.15, 0.2) is 0 Å². The smallest absolute Gasteiger partial charge is 0.375 e. The van der Waals surface area contributed by atoms with Gasteiger partial charge in [0.25, 0.3) is 10.1 Å². The fourth-order valence-corrected chi connectivity index (χ4v) is 2.27. The summed E-state index contributed by atoms with van der Waals surface area (Å²) in [7, 11) is -6.33. The molecule has 0 heterocycles. The molecule has 4 nitrogen and oxygen atoms in total. The van der Waals surface area contributed by atoms with E-state index in [0.29, 0.717) is 0 Å². The highest BCUT2D eigenvalue weighted by molar-refractivity contribution is 7.86. The number of rotatable bonds is 10. The SMILES string of the molecule is O=S(=O)(O)C(O)CC(F)(F)C(F)(F)C(F)(F)C(F)(F)C(F)(F)C(F)(F)C(F)(F)C(F)(F)C(F)(F)F. The van der Waals surface area contributed by atoms with Crippen molar-refractivity contribution in [2.45, 2.75) is 65.4 Å². The number of halogens is 19. The van der Waals surface area contributed by atoms with Gasteiger partial charge in [-0.05, 0) is 0 Å². The molecule has 35 heavy (non-hydrogen) atoms. The lowest BCUT2D eigenvalue weighted by atomic mass is 9.87. The predicted molar refractivity (Wildman–Crippen MR) is 67.8 cm³/mol. The summed E-state index contributed by atoms with van der Waals surface area (Å²) in [6.07, 6.45) is -11.8. The summed E-state index contributed by atoms with van der Waals surface area (Å²) in [6.45, 7) is 0. The van der Waals surface area contributed by atoms with Crippen LogP contribution in [0.25, 0.3) is 0 Å². The summed E-state index contributed by atoms with van der Waals surface area (Å²) < 4.78 is 276. The van der Waals surface area contributed by atoms with Crippen molar-refractivity contribution < 1.29 is 101 Å². The Bertz CT molecular complexity index is 889. The van der Waals surface area contributed by atoms with Crippen molar-refractivity contribution in [3.63, 3.8) is 0 Å². The summed E-state index contributed by atoms with van der Waals surface area (Å²) in [5.41, 5.74) is -4.29. The summed E-state index contributed by atoms with van der Waals surface area (Å²) in [5, 5.41) is 8.47. The second kappa shape index (κ2) is 8.28. The lowest BCUT2D eigenvalue weighted by Gasteiger charge is -2.43. The average Bonchev–Trinajstić information content (AvgIpc) is 2.58. The molecule has 0 aromatic heterocycles. The highest BCUT2D eigenvalue weighted by Gasteiger charge is 2.96. The van der Waals surface area contributed by atoms with Crippen molar-refractivity contribution in [1.82, 2.24) is 0 Å². The van der Waals surface area contributed by atoms with Crippen LogP contribution in [-0.4, -0.2) is 77.1 Å². The Labute approximate surface area is 178 Å². The summed E-state index contributed by atoms with van der Waals surface area (Å²) in [4.78, 5) is 0. The Kier molecular flexibility index (Phi) is 7.93. The van der Waals surface area contributed by atoms with Crippen LogP contribution in [0.3, 0.4) is 0 Å². The monoisotopic (exact) mass is 594 g/mol. The Hall–Kier alpha value is -1.46. The Balaban J connectivity index is 6.90. The summed E-state index contributed by atoms with van der Waals surface area (Å²) in [5.74, 6) is -68.8. The second-order valence-electron chi connectivity index (χ2n) is 6.40. The van der Waals surface area contributed by atoms with Crippen LogP contribution in [-0.2, 0) is 10.1 Å². The Morgan fingerprint density at radius 1 is 0.486 bits per heavy atom. The maximum absolute atomic E-state index is 13.4. The molecule has 0 aromatic carbocycles. The summed E-state index contributed by atoms with van der Waals surface area (Å²) >= 11 is 0. The van der Waals surface area contributed by atoms with Gasteiger partial charge >= 0.3 is 53.6 Å². The van der Waals surface area contributed by atoms with Crippen LogP contribution in [0.1, 0.15) is 6.42 Å². The molecule has 2 N–H and O–H groups in total. The van der Waals surface area contributed by atoms with E-state index in [-0.39, 0.29) is 0 Å². The molecule has 0 spiro atoms. The van der Waals surface area contributed by atoms with Crippen LogP contribution in [0.4, 0.5) is 83.4 Å². The number of hydrogen-bond acceptors (Lipinski definition) is 3. The van der Waals surface area contributed by atoms with E-state index < -0.39 is 75.5 Å². The fourth-order valence-electron chi connectivity index (χ4n) is 1.85. The highest BCUT2D eigenvalue weighted by Crippen LogP contribution is 2.65. The van der Waals surface area contributed by atoms with E-state index in [4.69, 9.17) is 9.66 Å². The lowest BCUT2D eigenvalue weighted by Crippen LogP contribution is -2.75. The van der Waals surface area contributed by atoms with Crippen LogP contribution in [0, 0.1) is 0 Å². The highest BCUT2D eigenvalue weighted by atomic mass is 32.2. The van der Waals surface area contributed by atoms with Crippen molar-refractivity contribution in [2.24, 2.45) is 0 Å². The largest absolute Gasteiger partial charge is 0.460 e. The minimum Gasteiger partial charge on any atom is -0.375 e. The van der Waals surface area contributed by atoms with E-state index in [0.717, 1.165) is 0 Å². The van der Waals surface area contributed by atoms with Gasteiger partial charge in [0, 0.05) is 0 Å². The second-order valence-corrected chi connectivity index (χ2v) is 7.97. The first-order chi connectivity index (χ1) is 14.6. The van der Waals surface area contributed by atoms with Gasteiger partial charge in [-0.25, -0.2) is 0 Å². The average molecular weight is 594 g/mol. The lowest BCUT2D eigenvalue weighted by molar-refractivity contribution is -0.469. The van der Waals surface area contributed by atoms with Crippen LogP contribution in [0.2, 0.25) is 0 Å². The van der Waals surface area contributed by atoms with E-state index in [9.17, 15) is 91.8 Å². The van der Waals surface area contributed by atoms with E-state index in [1.807, 2.05) is 0 Å². The van der Waals surface area contributed by atoms with Gasteiger partial charge in [0.2, 0.25) is 0 Å². The molecule has 0 amide bonds. The van der Waals surface area contributed by atoms with Gasteiger partial charge < -0.3 is 5.11 Å². The van der Waals surface area contributed by atoms with Gasteiger partial charge in [-0.2, -0.15) is 91.8 Å². The maximum Gasteiger partial charge on any atom is 0.460 e. The van der Waals surface area contributed by atoms with Gasteiger partial charge in [0.05, 0.1) is 6.42 Å². The molecule has 0 rings (SSSR count). The molecule has 0 saturated carbocycles. The van der Waals surface area contributed by atoms with Crippen molar-refractivity contribution in [3.05, 3.63) is 0 Å². The zero-order chi connectivity index (χ0) is 29.3. The van der Waals surface area contributed by atoms with Gasteiger partial charge in [-0.15, -0.1) is 0 Å². The quantitative estimate of drug-likeness (QED) is 0.269. The molecule has 0 saturated heterocycles. The first-order valence-electron chi connectivity index (χ1n) is 7.36. The van der Waals surface area contributed by atoms with Crippen LogP contribution >= 0.6 is 0 Å². The first kappa shape index (κ1) is 33.5. The molecule has 24 heteroatoms. The van der Waals surface area contributed by atoms with Crippen molar-refractivity contribution in [2.75, 3.05) is 0 Å². The molecule has 0 aliphatic rings. The third-order valence-corrected chi connectivity index (χ3v) is 4.81. The summed E-state index contributed by atoms with van der Waals surface area (Å²) in [6, 6.07) is 0. The normalized spacial score (nSPS) is 17.5. The Morgan fingerprint density at radius 2 is 0.714 bits per heavy atom. The standard InChI is InChI=1S/C11H5F19O4S/c12-3(13,1-2(31)35(32,33)34)4(14,15)5(16,17)6(18,19)7(20,21)8(22,23)9(24,25)10(26,27)11(28,29)30/h2,31H,1H2,(H,32,33,34). The molecule has 0 aliphatic heterocycles. The molecule has 0 radical (unpaired) electrons. The topological polar surface area (TPSA) is 74.6 Å². The van der Waals surface area contributed by atoms with Gasteiger partial charge in [0.1, 0.15) is 0 Å². The minimum atomic E-state index is -9.11. The van der Waals surface area contributed by atoms with E-state index in [1.165, 1.54) is 0 Å². The van der Waals surface area contributed by atoms with Crippen molar-refractivity contribution in [3.8, 4) is 0 Å². The molecule has 0 fully saturated rings. The zero-order valence-electron chi connectivity index (χ0n) is 15.1.